The molecule has 0 unspecified atom stereocenters. The van der Waals surface area contributed by atoms with Crippen LogP contribution in [0.1, 0.15) is 24.3 Å². The van der Waals surface area contributed by atoms with Crippen molar-refractivity contribution in [2.45, 2.75) is 30.8 Å². The number of ether oxygens (including phenoxy) is 1. The number of hydrogen-bond acceptors (Lipinski definition) is 4. The molecule has 5 heteroatoms. The number of carbonyl (C=O) groups excluding carboxylic acids is 1. The van der Waals surface area contributed by atoms with Crippen molar-refractivity contribution in [1.29, 1.82) is 0 Å². The SMILES string of the molecule is N[C@@H]1CN(CC(=O)NC2CCOCC2)C[C@H]1c1ccccc1. The molecule has 0 saturated carbocycles. The molecular formula is C17H25N3O2. The van der Waals surface area contributed by atoms with Crippen molar-refractivity contribution >= 4 is 5.91 Å². The Bertz CT molecular complexity index is 488. The van der Waals surface area contributed by atoms with Crippen LogP contribution in [0, 0.1) is 0 Å². The first-order chi connectivity index (χ1) is 10.7. The molecule has 120 valence electrons. The fourth-order valence-corrected chi connectivity index (χ4v) is 3.41. The maximum Gasteiger partial charge on any atom is 0.234 e. The highest BCUT2D eigenvalue weighted by Gasteiger charge is 2.32. The van der Waals surface area contributed by atoms with E-state index in [0.717, 1.165) is 39.1 Å². The Morgan fingerprint density at radius 3 is 2.68 bits per heavy atom. The molecule has 22 heavy (non-hydrogen) atoms. The van der Waals surface area contributed by atoms with E-state index in [1.54, 1.807) is 0 Å². The van der Waals surface area contributed by atoms with Gasteiger partial charge in [-0.2, -0.15) is 0 Å². The van der Waals surface area contributed by atoms with Gasteiger partial charge in [-0.05, 0) is 18.4 Å². The van der Waals surface area contributed by atoms with Gasteiger partial charge in [-0.15, -0.1) is 0 Å². The monoisotopic (exact) mass is 303 g/mol. The van der Waals surface area contributed by atoms with Crippen LogP contribution >= 0.6 is 0 Å². The zero-order chi connectivity index (χ0) is 15.4. The van der Waals surface area contributed by atoms with E-state index in [0.29, 0.717) is 12.5 Å². The molecule has 0 aliphatic carbocycles. The molecule has 2 atom stereocenters. The summed E-state index contributed by atoms with van der Waals surface area (Å²) in [6.07, 6.45) is 1.83. The van der Waals surface area contributed by atoms with Crippen molar-refractivity contribution in [2.24, 2.45) is 5.73 Å². The summed E-state index contributed by atoms with van der Waals surface area (Å²) in [6.45, 7) is 3.56. The Kier molecular flexibility index (Phi) is 5.08. The molecule has 2 saturated heterocycles. The van der Waals surface area contributed by atoms with Gasteiger partial charge in [-0.1, -0.05) is 30.3 Å². The van der Waals surface area contributed by atoms with Gasteiger partial charge in [0.1, 0.15) is 0 Å². The predicted molar refractivity (Wildman–Crippen MR) is 85.6 cm³/mol. The molecule has 1 aromatic carbocycles. The van der Waals surface area contributed by atoms with Gasteiger partial charge in [0.15, 0.2) is 0 Å². The Labute approximate surface area is 131 Å². The molecule has 5 nitrogen and oxygen atoms in total. The first kappa shape index (κ1) is 15.5. The summed E-state index contributed by atoms with van der Waals surface area (Å²) in [5, 5.41) is 3.11. The fraction of sp³-hybridized carbons (Fsp3) is 0.588. The second-order valence-electron chi connectivity index (χ2n) is 6.33. The van der Waals surface area contributed by atoms with Crippen molar-refractivity contribution in [1.82, 2.24) is 10.2 Å². The summed E-state index contributed by atoms with van der Waals surface area (Å²) in [4.78, 5) is 14.3. The largest absolute Gasteiger partial charge is 0.381 e. The third kappa shape index (κ3) is 3.85. The third-order valence-corrected chi connectivity index (χ3v) is 4.62. The molecule has 2 heterocycles. The quantitative estimate of drug-likeness (QED) is 0.859. The Morgan fingerprint density at radius 1 is 1.23 bits per heavy atom. The normalized spacial score (nSPS) is 27.0. The summed E-state index contributed by atoms with van der Waals surface area (Å²) in [7, 11) is 0. The van der Waals surface area contributed by atoms with Gasteiger partial charge in [0.25, 0.3) is 0 Å². The van der Waals surface area contributed by atoms with Crippen LogP contribution in [0.25, 0.3) is 0 Å². The number of likely N-dealkylation sites (tertiary alicyclic amines) is 1. The highest BCUT2D eigenvalue weighted by Crippen LogP contribution is 2.25. The molecule has 2 fully saturated rings. The molecule has 3 rings (SSSR count). The van der Waals surface area contributed by atoms with E-state index in [1.807, 2.05) is 18.2 Å². The third-order valence-electron chi connectivity index (χ3n) is 4.62. The van der Waals surface area contributed by atoms with E-state index in [2.05, 4.69) is 22.3 Å². The smallest absolute Gasteiger partial charge is 0.234 e. The maximum atomic E-state index is 12.2. The average molecular weight is 303 g/mol. The molecule has 1 amide bonds. The second-order valence-corrected chi connectivity index (χ2v) is 6.33. The van der Waals surface area contributed by atoms with Crippen LogP contribution in [0.2, 0.25) is 0 Å². The van der Waals surface area contributed by atoms with E-state index < -0.39 is 0 Å². The Hall–Kier alpha value is -1.43. The summed E-state index contributed by atoms with van der Waals surface area (Å²) >= 11 is 0. The van der Waals surface area contributed by atoms with Crippen molar-refractivity contribution in [2.75, 3.05) is 32.8 Å². The minimum atomic E-state index is 0.0956. The van der Waals surface area contributed by atoms with Crippen LogP contribution in [-0.2, 0) is 9.53 Å². The standard InChI is InChI=1S/C17H25N3O2/c18-16-11-20(10-15(16)13-4-2-1-3-5-13)12-17(21)19-14-6-8-22-9-7-14/h1-5,14-16H,6-12,18H2,(H,19,21)/t15-,16+/m0/s1. The molecule has 1 aromatic rings. The fourth-order valence-electron chi connectivity index (χ4n) is 3.41. The zero-order valence-corrected chi connectivity index (χ0v) is 12.9. The first-order valence-corrected chi connectivity index (χ1v) is 8.12. The predicted octanol–water partition coefficient (Wildman–Crippen LogP) is 0.708. The number of amides is 1. The highest BCUT2D eigenvalue weighted by molar-refractivity contribution is 5.78. The van der Waals surface area contributed by atoms with Gasteiger partial charge in [-0.25, -0.2) is 0 Å². The van der Waals surface area contributed by atoms with E-state index >= 15 is 0 Å². The molecule has 2 aliphatic heterocycles. The minimum Gasteiger partial charge on any atom is -0.381 e. The molecule has 0 aromatic heterocycles. The van der Waals surface area contributed by atoms with Crippen molar-refractivity contribution < 1.29 is 9.53 Å². The van der Waals surface area contributed by atoms with E-state index in [9.17, 15) is 4.79 Å². The zero-order valence-electron chi connectivity index (χ0n) is 12.9. The lowest BCUT2D eigenvalue weighted by molar-refractivity contribution is -0.123. The maximum absolute atomic E-state index is 12.2. The number of nitrogens with two attached hydrogens (primary N) is 1. The van der Waals surface area contributed by atoms with E-state index in [4.69, 9.17) is 10.5 Å². The van der Waals surface area contributed by atoms with Crippen LogP contribution < -0.4 is 11.1 Å². The van der Waals surface area contributed by atoms with Crippen LogP contribution in [-0.4, -0.2) is 55.7 Å². The Balaban J connectivity index is 1.50. The van der Waals surface area contributed by atoms with Gasteiger partial charge >= 0.3 is 0 Å². The van der Waals surface area contributed by atoms with E-state index in [-0.39, 0.29) is 18.0 Å². The number of rotatable bonds is 4. The lowest BCUT2D eigenvalue weighted by Gasteiger charge is -2.24. The molecule has 0 radical (unpaired) electrons. The van der Waals surface area contributed by atoms with Crippen LogP contribution in [0.15, 0.2) is 30.3 Å². The van der Waals surface area contributed by atoms with Crippen LogP contribution in [0.4, 0.5) is 0 Å². The molecule has 3 N–H and O–H groups in total. The van der Waals surface area contributed by atoms with Crippen LogP contribution in [0.3, 0.4) is 0 Å². The number of nitrogens with one attached hydrogen (secondary N) is 1. The number of carbonyl (C=O) groups is 1. The average Bonchev–Trinajstić information content (AvgIpc) is 2.89. The summed E-state index contributed by atoms with van der Waals surface area (Å²) in [6, 6.07) is 10.7. The van der Waals surface area contributed by atoms with Crippen molar-refractivity contribution in [3.8, 4) is 0 Å². The summed E-state index contributed by atoms with van der Waals surface area (Å²) in [5.41, 5.74) is 7.54. The van der Waals surface area contributed by atoms with Crippen molar-refractivity contribution in [3.63, 3.8) is 0 Å². The van der Waals surface area contributed by atoms with Crippen molar-refractivity contribution in [3.05, 3.63) is 35.9 Å². The summed E-state index contributed by atoms with van der Waals surface area (Å²) in [5.74, 6) is 0.421. The number of benzene rings is 1. The Morgan fingerprint density at radius 2 is 1.95 bits per heavy atom. The highest BCUT2D eigenvalue weighted by atomic mass is 16.5. The molecule has 2 aliphatic rings. The van der Waals surface area contributed by atoms with Gasteiger partial charge in [0.05, 0.1) is 6.54 Å². The molecular weight excluding hydrogens is 278 g/mol. The van der Waals surface area contributed by atoms with Gasteiger partial charge in [0.2, 0.25) is 5.91 Å². The first-order valence-electron chi connectivity index (χ1n) is 8.12. The van der Waals surface area contributed by atoms with Crippen LogP contribution in [0.5, 0.6) is 0 Å². The van der Waals surface area contributed by atoms with Gasteiger partial charge in [0, 0.05) is 44.3 Å². The minimum absolute atomic E-state index is 0.0956. The molecule has 0 spiro atoms. The summed E-state index contributed by atoms with van der Waals surface area (Å²) < 4.78 is 5.31. The van der Waals surface area contributed by atoms with E-state index in [1.165, 1.54) is 5.56 Å². The topological polar surface area (TPSA) is 67.6 Å². The number of nitrogens with zero attached hydrogens (tertiary/aromatic N) is 1. The lowest BCUT2D eigenvalue weighted by Crippen LogP contribution is -2.44. The molecule has 0 bridgehead atoms. The van der Waals surface area contributed by atoms with Gasteiger partial charge < -0.3 is 15.8 Å². The van der Waals surface area contributed by atoms with Gasteiger partial charge in [-0.3, -0.25) is 9.69 Å². The second kappa shape index (κ2) is 7.22. The number of hydrogen-bond donors (Lipinski definition) is 2. The lowest BCUT2D eigenvalue weighted by atomic mass is 9.95.